The van der Waals surface area contributed by atoms with Crippen molar-refractivity contribution in [2.24, 2.45) is 7.05 Å². The number of anilines is 1. The Morgan fingerprint density at radius 3 is 2.77 bits per heavy atom. The van der Waals surface area contributed by atoms with Gasteiger partial charge in [-0.2, -0.15) is 5.10 Å². The molecule has 2 rings (SSSR count). The number of piperidine rings is 1. The maximum absolute atomic E-state index is 12.7. The Hall–Kier alpha value is -1.63. The molecule has 122 valence electrons. The molecule has 0 unspecified atom stereocenters. The Morgan fingerprint density at radius 1 is 1.36 bits per heavy atom. The number of likely N-dealkylation sites (tertiary alicyclic amines) is 1. The van der Waals surface area contributed by atoms with Crippen molar-refractivity contribution in [3.8, 4) is 0 Å². The number of unbranched alkanes of at least 4 members (excludes halogenated alkanes) is 1. The molecular weight excluding hydrogens is 298 g/mol. The van der Waals surface area contributed by atoms with Gasteiger partial charge >= 0.3 is 0 Å². The van der Waals surface area contributed by atoms with Gasteiger partial charge in [0.2, 0.25) is 0 Å². The molecule has 1 fully saturated rings. The van der Waals surface area contributed by atoms with Crippen LogP contribution in [0, 0.1) is 0 Å². The van der Waals surface area contributed by atoms with Crippen molar-refractivity contribution in [1.82, 2.24) is 20.0 Å². The predicted molar refractivity (Wildman–Crippen MR) is 92.1 cm³/mol. The summed E-state index contributed by atoms with van der Waals surface area (Å²) in [6, 6.07) is 0. The van der Waals surface area contributed by atoms with Gasteiger partial charge < -0.3 is 15.5 Å². The average Bonchev–Trinajstić information content (AvgIpc) is 2.88. The van der Waals surface area contributed by atoms with E-state index in [1.54, 1.807) is 17.9 Å². The number of aromatic nitrogens is 2. The zero-order valence-corrected chi connectivity index (χ0v) is 14.2. The first-order valence-electron chi connectivity index (χ1n) is 7.99. The van der Waals surface area contributed by atoms with Crippen molar-refractivity contribution in [2.75, 3.05) is 25.0 Å². The van der Waals surface area contributed by atoms with Gasteiger partial charge in [0.05, 0.1) is 11.9 Å². The second-order valence-electron chi connectivity index (χ2n) is 5.62. The van der Waals surface area contributed by atoms with E-state index in [-0.39, 0.29) is 5.91 Å². The summed E-state index contributed by atoms with van der Waals surface area (Å²) in [7, 11) is 1.79. The second-order valence-corrected chi connectivity index (χ2v) is 6.03. The summed E-state index contributed by atoms with van der Waals surface area (Å²) in [6.07, 6.45) is 7.18. The smallest absolute Gasteiger partial charge is 0.274 e. The number of hydrogen-bond donors (Lipinski definition) is 2. The van der Waals surface area contributed by atoms with Crippen molar-refractivity contribution in [1.29, 1.82) is 0 Å². The van der Waals surface area contributed by atoms with Crippen LogP contribution in [-0.2, 0) is 7.05 Å². The fourth-order valence-corrected chi connectivity index (χ4v) is 2.79. The number of aryl methyl sites for hydroxylation is 1. The van der Waals surface area contributed by atoms with Gasteiger partial charge in [0.25, 0.3) is 5.91 Å². The van der Waals surface area contributed by atoms with E-state index >= 15 is 0 Å². The summed E-state index contributed by atoms with van der Waals surface area (Å²) in [5.74, 6) is 0.0264. The van der Waals surface area contributed by atoms with Crippen LogP contribution in [0.15, 0.2) is 6.20 Å². The van der Waals surface area contributed by atoms with Crippen LogP contribution in [0.25, 0.3) is 0 Å². The highest BCUT2D eigenvalue weighted by atomic mass is 32.1. The number of carbonyl (C=O) groups excluding carboxylic acids is 1. The molecule has 2 heterocycles. The van der Waals surface area contributed by atoms with Gasteiger partial charge in [-0.3, -0.25) is 9.48 Å². The SMILES string of the molecule is CCCCNC(=S)Nc1cnn(C)c1C(=O)N1CCCCC1. The number of carbonyl (C=O) groups is 1. The number of nitrogens with zero attached hydrogens (tertiary/aromatic N) is 3. The van der Waals surface area contributed by atoms with Crippen molar-refractivity contribution in [2.45, 2.75) is 39.0 Å². The van der Waals surface area contributed by atoms with E-state index in [2.05, 4.69) is 22.7 Å². The molecule has 0 atom stereocenters. The van der Waals surface area contributed by atoms with Crippen LogP contribution < -0.4 is 10.6 Å². The lowest BCUT2D eigenvalue weighted by atomic mass is 10.1. The average molecular weight is 323 g/mol. The second kappa shape index (κ2) is 8.12. The van der Waals surface area contributed by atoms with Gasteiger partial charge in [-0.25, -0.2) is 0 Å². The van der Waals surface area contributed by atoms with E-state index in [0.717, 1.165) is 45.3 Å². The molecule has 1 aromatic heterocycles. The zero-order chi connectivity index (χ0) is 15.9. The van der Waals surface area contributed by atoms with E-state index in [9.17, 15) is 4.79 Å². The van der Waals surface area contributed by atoms with Gasteiger partial charge in [-0.05, 0) is 37.9 Å². The topological polar surface area (TPSA) is 62.2 Å². The number of hydrogen-bond acceptors (Lipinski definition) is 3. The van der Waals surface area contributed by atoms with Crippen molar-refractivity contribution in [3.05, 3.63) is 11.9 Å². The summed E-state index contributed by atoms with van der Waals surface area (Å²) < 4.78 is 1.62. The molecule has 1 aliphatic rings. The number of nitrogens with one attached hydrogen (secondary N) is 2. The highest BCUT2D eigenvalue weighted by molar-refractivity contribution is 7.80. The summed E-state index contributed by atoms with van der Waals surface area (Å²) in [5.41, 5.74) is 1.24. The highest BCUT2D eigenvalue weighted by Gasteiger charge is 2.24. The van der Waals surface area contributed by atoms with Crippen molar-refractivity contribution in [3.63, 3.8) is 0 Å². The van der Waals surface area contributed by atoms with Crippen molar-refractivity contribution >= 4 is 28.9 Å². The Morgan fingerprint density at radius 2 is 2.09 bits per heavy atom. The zero-order valence-electron chi connectivity index (χ0n) is 13.4. The Kier molecular flexibility index (Phi) is 6.18. The summed E-state index contributed by atoms with van der Waals surface area (Å²) in [5, 5.41) is 11.0. The first-order chi connectivity index (χ1) is 10.6. The van der Waals surface area contributed by atoms with Crippen LogP contribution >= 0.6 is 12.2 Å². The molecule has 1 saturated heterocycles. The molecule has 0 aliphatic carbocycles. The molecule has 1 aliphatic heterocycles. The molecule has 2 N–H and O–H groups in total. The van der Waals surface area contributed by atoms with Crippen LogP contribution in [0.2, 0.25) is 0 Å². The van der Waals surface area contributed by atoms with E-state index < -0.39 is 0 Å². The third-order valence-electron chi connectivity index (χ3n) is 3.85. The first kappa shape index (κ1) is 16.7. The molecule has 7 heteroatoms. The van der Waals surface area contributed by atoms with E-state index in [1.807, 2.05) is 4.90 Å². The van der Waals surface area contributed by atoms with Gasteiger partial charge in [0, 0.05) is 26.7 Å². The standard InChI is InChI=1S/C15H25N5OS/c1-3-4-8-16-15(22)18-12-11-17-19(2)13(12)14(21)20-9-6-5-7-10-20/h11H,3-10H2,1-2H3,(H2,16,18,22). The Balaban J connectivity index is 2.03. The lowest BCUT2D eigenvalue weighted by Crippen LogP contribution is -2.37. The Bertz CT molecular complexity index is 522. The third-order valence-corrected chi connectivity index (χ3v) is 4.10. The van der Waals surface area contributed by atoms with E-state index in [1.165, 1.54) is 6.42 Å². The minimum absolute atomic E-state index is 0.0264. The molecule has 0 bridgehead atoms. The molecule has 1 aromatic rings. The molecule has 6 nitrogen and oxygen atoms in total. The molecular formula is C15H25N5OS. The van der Waals surface area contributed by atoms with Gasteiger partial charge in [0.15, 0.2) is 5.11 Å². The lowest BCUT2D eigenvalue weighted by Gasteiger charge is -2.27. The molecule has 1 amide bonds. The Labute approximate surface area is 137 Å². The number of thiocarbonyl (C=S) groups is 1. The molecule has 0 radical (unpaired) electrons. The van der Waals surface area contributed by atoms with Crippen LogP contribution in [0.1, 0.15) is 49.5 Å². The van der Waals surface area contributed by atoms with Crippen molar-refractivity contribution < 1.29 is 4.79 Å². The largest absolute Gasteiger partial charge is 0.362 e. The third kappa shape index (κ3) is 4.19. The van der Waals surface area contributed by atoms with E-state index in [4.69, 9.17) is 12.2 Å². The molecule has 0 spiro atoms. The van der Waals surface area contributed by atoms with Gasteiger partial charge in [-0.15, -0.1) is 0 Å². The van der Waals surface area contributed by atoms with Crippen LogP contribution in [0.4, 0.5) is 5.69 Å². The summed E-state index contributed by atoms with van der Waals surface area (Å²) in [6.45, 7) is 4.61. The highest BCUT2D eigenvalue weighted by Crippen LogP contribution is 2.19. The minimum Gasteiger partial charge on any atom is -0.362 e. The fourth-order valence-electron chi connectivity index (χ4n) is 2.57. The first-order valence-corrected chi connectivity index (χ1v) is 8.40. The van der Waals surface area contributed by atoms with Crippen LogP contribution in [0.5, 0.6) is 0 Å². The molecule has 0 saturated carbocycles. The van der Waals surface area contributed by atoms with Crippen LogP contribution in [0.3, 0.4) is 0 Å². The maximum Gasteiger partial charge on any atom is 0.274 e. The predicted octanol–water partition coefficient (Wildman–Crippen LogP) is 2.13. The van der Waals surface area contributed by atoms with Gasteiger partial charge in [-0.1, -0.05) is 13.3 Å². The van der Waals surface area contributed by atoms with E-state index in [0.29, 0.717) is 16.5 Å². The molecule has 0 aromatic carbocycles. The summed E-state index contributed by atoms with van der Waals surface area (Å²) in [4.78, 5) is 14.6. The monoisotopic (exact) mass is 323 g/mol. The minimum atomic E-state index is 0.0264. The summed E-state index contributed by atoms with van der Waals surface area (Å²) >= 11 is 5.28. The lowest BCUT2D eigenvalue weighted by molar-refractivity contribution is 0.0714. The normalized spacial score (nSPS) is 14.7. The fraction of sp³-hybridized carbons (Fsp3) is 0.667. The molecule has 22 heavy (non-hydrogen) atoms. The number of amides is 1. The maximum atomic E-state index is 12.7. The number of rotatable bonds is 5. The van der Waals surface area contributed by atoms with Crippen LogP contribution in [-0.4, -0.2) is 45.3 Å². The quantitative estimate of drug-likeness (QED) is 0.642. The van der Waals surface area contributed by atoms with Gasteiger partial charge in [0.1, 0.15) is 5.69 Å².